The van der Waals surface area contributed by atoms with Gasteiger partial charge in [-0.1, -0.05) is 24.6 Å². The van der Waals surface area contributed by atoms with Crippen molar-refractivity contribution < 1.29 is 9.72 Å². The van der Waals surface area contributed by atoms with Crippen LogP contribution in [0.5, 0.6) is 0 Å². The molecule has 0 saturated carbocycles. The molecule has 2 heterocycles. The third-order valence-corrected chi connectivity index (χ3v) is 6.80. The van der Waals surface area contributed by atoms with Gasteiger partial charge in [-0.25, -0.2) is 0 Å². The van der Waals surface area contributed by atoms with Crippen molar-refractivity contribution in [2.45, 2.75) is 33.6 Å². The number of nitro groups is 1. The molecule has 1 aromatic heterocycles. The summed E-state index contributed by atoms with van der Waals surface area (Å²) < 4.78 is 0. The number of aryl methyl sites for hydroxylation is 2. The van der Waals surface area contributed by atoms with E-state index in [4.69, 9.17) is 0 Å². The number of aromatic nitrogens is 3. The van der Waals surface area contributed by atoms with Crippen LogP contribution >= 0.6 is 0 Å². The summed E-state index contributed by atoms with van der Waals surface area (Å²) in [4.78, 5) is 28.1. The Kier molecular flexibility index (Phi) is 6.13. The number of piperidine rings is 1. The van der Waals surface area contributed by atoms with Crippen LogP contribution < -0.4 is 10.2 Å². The van der Waals surface area contributed by atoms with Gasteiger partial charge in [0.15, 0.2) is 0 Å². The van der Waals surface area contributed by atoms with Gasteiger partial charge >= 0.3 is 0 Å². The Morgan fingerprint density at radius 1 is 1.00 bits per heavy atom. The van der Waals surface area contributed by atoms with Gasteiger partial charge in [0, 0.05) is 30.4 Å². The van der Waals surface area contributed by atoms with E-state index in [2.05, 4.69) is 22.4 Å². The Bertz CT molecular complexity index is 1450. The van der Waals surface area contributed by atoms with E-state index in [1.165, 1.54) is 6.07 Å². The van der Waals surface area contributed by atoms with Crippen molar-refractivity contribution in [2.75, 3.05) is 23.3 Å². The number of hydrogen-bond acceptors (Lipinski definition) is 6. The zero-order chi connectivity index (χ0) is 25.4. The predicted octanol–water partition coefficient (Wildman–Crippen LogP) is 5.43. The molecule has 0 bridgehead atoms. The second-order valence-electron chi connectivity index (χ2n) is 9.57. The Morgan fingerprint density at radius 2 is 1.67 bits per heavy atom. The summed E-state index contributed by atoms with van der Waals surface area (Å²) in [5.41, 5.74) is 5.49. The number of carbonyl (C=O) groups excluding carboxylic acids is 1. The average Bonchev–Trinajstić information content (AvgIpc) is 3.27. The highest BCUT2D eigenvalue weighted by molar-refractivity contribution is 6.06. The first-order chi connectivity index (χ1) is 17.3. The Labute approximate surface area is 208 Å². The van der Waals surface area contributed by atoms with Crippen LogP contribution in [0.25, 0.3) is 16.7 Å². The lowest BCUT2D eigenvalue weighted by atomic mass is 9.98. The van der Waals surface area contributed by atoms with Crippen LogP contribution in [0.15, 0.2) is 54.6 Å². The highest BCUT2D eigenvalue weighted by Crippen LogP contribution is 2.33. The van der Waals surface area contributed by atoms with Crippen molar-refractivity contribution in [1.29, 1.82) is 0 Å². The van der Waals surface area contributed by atoms with Gasteiger partial charge in [0.25, 0.3) is 11.6 Å². The van der Waals surface area contributed by atoms with Crippen LogP contribution in [0.1, 0.15) is 41.3 Å². The van der Waals surface area contributed by atoms with E-state index in [1.807, 2.05) is 49.1 Å². The van der Waals surface area contributed by atoms with Crippen molar-refractivity contribution >= 4 is 34.0 Å². The normalized spacial score (nSPS) is 14.2. The number of nitrogens with zero attached hydrogens (tertiary/aromatic N) is 5. The van der Waals surface area contributed by atoms with Crippen LogP contribution in [0.4, 0.5) is 17.1 Å². The zero-order valence-electron chi connectivity index (χ0n) is 20.6. The SMILES string of the molecule is Cc1ccc(-n2nc3cc(C)c(NC(=O)c4ccc(N5CCC(C)CC5)c([N+](=O)[O-])c4)cc3n2)cc1. The summed E-state index contributed by atoms with van der Waals surface area (Å²) in [6.45, 7) is 7.64. The first-order valence-corrected chi connectivity index (χ1v) is 12.1. The molecule has 0 aliphatic carbocycles. The number of amides is 1. The third kappa shape index (κ3) is 4.64. The maximum absolute atomic E-state index is 13.1. The van der Waals surface area contributed by atoms with Crippen molar-refractivity contribution in [3.8, 4) is 5.69 Å². The number of rotatable bonds is 5. The molecule has 0 radical (unpaired) electrons. The summed E-state index contributed by atoms with van der Waals surface area (Å²) >= 11 is 0. The van der Waals surface area contributed by atoms with Gasteiger partial charge < -0.3 is 10.2 Å². The number of hydrogen-bond donors (Lipinski definition) is 1. The molecule has 0 atom stereocenters. The highest BCUT2D eigenvalue weighted by Gasteiger charge is 2.25. The molecule has 184 valence electrons. The fourth-order valence-corrected chi connectivity index (χ4v) is 4.52. The van der Waals surface area contributed by atoms with Crippen LogP contribution in [0.2, 0.25) is 0 Å². The molecule has 36 heavy (non-hydrogen) atoms. The maximum Gasteiger partial charge on any atom is 0.293 e. The zero-order valence-corrected chi connectivity index (χ0v) is 20.6. The molecule has 0 unspecified atom stereocenters. The minimum absolute atomic E-state index is 0.0505. The molecular formula is C27H28N6O3. The second-order valence-corrected chi connectivity index (χ2v) is 9.57. The number of carbonyl (C=O) groups is 1. The van der Waals surface area contributed by atoms with E-state index in [1.54, 1.807) is 23.0 Å². The molecule has 9 nitrogen and oxygen atoms in total. The molecule has 1 aliphatic heterocycles. The molecule has 1 fully saturated rings. The fraction of sp³-hybridized carbons (Fsp3) is 0.296. The fourth-order valence-electron chi connectivity index (χ4n) is 4.52. The van der Waals surface area contributed by atoms with Crippen molar-refractivity contribution in [1.82, 2.24) is 15.0 Å². The molecule has 1 amide bonds. The standard InChI is InChI=1S/C27H28N6O3/c1-17-4-7-21(8-5-17)32-29-23-14-19(3)22(16-24(23)30-32)28-27(34)20-6-9-25(26(15-20)33(35)36)31-12-10-18(2)11-13-31/h4-9,14-16,18H,10-13H2,1-3H3,(H,28,34). The summed E-state index contributed by atoms with van der Waals surface area (Å²) in [6.07, 6.45) is 1.99. The Morgan fingerprint density at radius 3 is 2.33 bits per heavy atom. The van der Waals surface area contributed by atoms with Crippen molar-refractivity contribution in [3.63, 3.8) is 0 Å². The molecule has 4 aromatic rings. The van der Waals surface area contributed by atoms with Gasteiger partial charge in [-0.15, -0.1) is 10.2 Å². The second kappa shape index (κ2) is 9.41. The third-order valence-electron chi connectivity index (χ3n) is 6.80. The van der Waals surface area contributed by atoms with Gasteiger partial charge in [-0.05, 0) is 74.6 Å². The minimum Gasteiger partial charge on any atom is -0.366 e. The summed E-state index contributed by atoms with van der Waals surface area (Å²) in [6, 6.07) is 16.2. The molecule has 1 saturated heterocycles. The monoisotopic (exact) mass is 484 g/mol. The average molecular weight is 485 g/mol. The predicted molar refractivity (Wildman–Crippen MR) is 140 cm³/mol. The van der Waals surface area contributed by atoms with E-state index < -0.39 is 10.8 Å². The number of nitrogens with one attached hydrogen (secondary N) is 1. The van der Waals surface area contributed by atoms with E-state index in [-0.39, 0.29) is 11.3 Å². The van der Waals surface area contributed by atoms with E-state index in [0.717, 1.165) is 42.7 Å². The molecule has 5 rings (SSSR count). The number of nitro benzene ring substituents is 1. The molecular weight excluding hydrogens is 456 g/mol. The van der Waals surface area contributed by atoms with Gasteiger partial charge in [-0.3, -0.25) is 14.9 Å². The van der Waals surface area contributed by atoms with Crippen LogP contribution in [-0.4, -0.2) is 38.9 Å². The smallest absolute Gasteiger partial charge is 0.293 e. The van der Waals surface area contributed by atoms with Gasteiger partial charge in [-0.2, -0.15) is 4.80 Å². The number of fused-ring (bicyclic) bond motifs is 1. The topological polar surface area (TPSA) is 106 Å². The van der Waals surface area contributed by atoms with Gasteiger partial charge in [0.1, 0.15) is 16.7 Å². The lowest BCUT2D eigenvalue weighted by Gasteiger charge is -2.31. The lowest BCUT2D eigenvalue weighted by Crippen LogP contribution is -2.33. The van der Waals surface area contributed by atoms with Gasteiger partial charge in [0.2, 0.25) is 0 Å². The molecule has 3 aromatic carbocycles. The summed E-state index contributed by atoms with van der Waals surface area (Å²) in [5, 5.41) is 23.8. The first-order valence-electron chi connectivity index (χ1n) is 12.1. The van der Waals surface area contributed by atoms with Crippen molar-refractivity contribution in [2.24, 2.45) is 5.92 Å². The highest BCUT2D eigenvalue weighted by atomic mass is 16.6. The number of benzene rings is 3. The van der Waals surface area contributed by atoms with Crippen molar-refractivity contribution in [3.05, 3.63) is 81.4 Å². The van der Waals surface area contributed by atoms with E-state index in [0.29, 0.717) is 28.3 Å². The number of anilines is 2. The maximum atomic E-state index is 13.1. The van der Waals surface area contributed by atoms with Gasteiger partial charge in [0.05, 0.1) is 10.6 Å². The first kappa shape index (κ1) is 23.5. The summed E-state index contributed by atoms with van der Waals surface area (Å²) in [5.74, 6) is 0.203. The summed E-state index contributed by atoms with van der Waals surface area (Å²) in [7, 11) is 0. The lowest BCUT2D eigenvalue weighted by molar-refractivity contribution is -0.384. The molecule has 0 spiro atoms. The van der Waals surface area contributed by atoms with Crippen LogP contribution in [0.3, 0.4) is 0 Å². The largest absolute Gasteiger partial charge is 0.366 e. The molecule has 9 heteroatoms. The van der Waals surface area contributed by atoms with E-state index >= 15 is 0 Å². The molecule has 1 aliphatic rings. The van der Waals surface area contributed by atoms with Crippen LogP contribution in [-0.2, 0) is 0 Å². The van der Waals surface area contributed by atoms with E-state index in [9.17, 15) is 14.9 Å². The van der Waals surface area contributed by atoms with Crippen LogP contribution in [0, 0.1) is 29.9 Å². The Balaban J connectivity index is 1.40. The Hall–Kier alpha value is -4.27. The molecule has 1 N–H and O–H groups in total. The minimum atomic E-state index is -0.412. The quantitative estimate of drug-likeness (QED) is 0.299.